The topological polar surface area (TPSA) is 38.3 Å². The second kappa shape index (κ2) is 4.78. The molecule has 1 aliphatic carbocycles. The highest BCUT2D eigenvalue weighted by atomic mass is 16.5. The van der Waals surface area contributed by atoms with Gasteiger partial charge in [-0.1, -0.05) is 19.8 Å². The molecule has 3 heteroatoms. The van der Waals surface area contributed by atoms with E-state index in [1.807, 2.05) is 20.8 Å². The molecule has 0 unspecified atom stereocenters. The monoisotopic (exact) mass is 199 g/mol. The van der Waals surface area contributed by atoms with Crippen molar-refractivity contribution in [1.82, 2.24) is 5.32 Å². The minimum absolute atomic E-state index is 0.139. The van der Waals surface area contributed by atoms with Crippen LogP contribution in [0.1, 0.15) is 40.0 Å². The van der Waals surface area contributed by atoms with Gasteiger partial charge in [0, 0.05) is 0 Å². The van der Waals surface area contributed by atoms with Crippen molar-refractivity contribution in [1.29, 1.82) is 0 Å². The second-order valence-electron chi connectivity index (χ2n) is 4.52. The van der Waals surface area contributed by atoms with Crippen LogP contribution in [0.15, 0.2) is 0 Å². The normalized spacial score (nSPS) is 16.8. The van der Waals surface area contributed by atoms with E-state index >= 15 is 0 Å². The highest BCUT2D eigenvalue weighted by Gasteiger charge is 2.28. The fraction of sp³-hybridized carbons (Fsp3) is 0.909. The molecule has 1 rings (SSSR count). The van der Waals surface area contributed by atoms with Crippen LogP contribution in [0.2, 0.25) is 0 Å². The molecule has 0 heterocycles. The summed E-state index contributed by atoms with van der Waals surface area (Å²) in [7, 11) is 0. The number of carbonyl (C=O) groups excluding carboxylic acids is 1. The lowest BCUT2D eigenvalue weighted by molar-refractivity contribution is -0.150. The molecule has 1 fully saturated rings. The maximum absolute atomic E-state index is 11.6. The van der Waals surface area contributed by atoms with Crippen LogP contribution in [0.4, 0.5) is 0 Å². The van der Waals surface area contributed by atoms with Gasteiger partial charge in [0.1, 0.15) is 5.54 Å². The molecule has 0 aliphatic heterocycles. The Morgan fingerprint density at radius 1 is 1.50 bits per heavy atom. The van der Waals surface area contributed by atoms with Crippen molar-refractivity contribution in [2.45, 2.75) is 45.6 Å². The third-order valence-corrected chi connectivity index (χ3v) is 2.59. The van der Waals surface area contributed by atoms with Crippen LogP contribution in [-0.4, -0.2) is 24.7 Å². The molecule has 0 radical (unpaired) electrons. The molecule has 0 spiro atoms. The smallest absolute Gasteiger partial charge is 0.325 e. The Balaban J connectivity index is 2.17. The van der Waals surface area contributed by atoms with Crippen LogP contribution in [-0.2, 0) is 9.53 Å². The maximum Gasteiger partial charge on any atom is 0.325 e. The fourth-order valence-electron chi connectivity index (χ4n) is 1.42. The molecule has 0 amide bonds. The van der Waals surface area contributed by atoms with E-state index < -0.39 is 5.54 Å². The molecular formula is C11H21NO2. The van der Waals surface area contributed by atoms with E-state index in [2.05, 4.69) is 5.32 Å². The minimum atomic E-state index is -0.543. The molecule has 0 atom stereocenters. The summed E-state index contributed by atoms with van der Waals surface area (Å²) in [4.78, 5) is 11.6. The third-order valence-electron chi connectivity index (χ3n) is 2.59. The summed E-state index contributed by atoms with van der Waals surface area (Å²) in [6.07, 6.45) is 3.66. The molecule has 0 aromatic carbocycles. The Kier molecular flexibility index (Phi) is 3.93. The first-order valence-electron chi connectivity index (χ1n) is 5.48. The van der Waals surface area contributed by atoms with Crippen LogP contribution in [0, 0.1) is 5.92 Å². The summed E-state index contributed by atoms with van der Waals surface area (Å²) in [6.45, 7) is 7.06. The van der Waals surface area contributed by atoms with E-state index in [4.69, 9.17) is 4.74 Å². The first kappa shape index (κ1) is 11.5. The van der Waals surface area contributed by atoms with Crippen LogP contribution < -0.4 is 5.32 Å². The van der Waals surface area contributed by atoms with Gasteiger partial charge in [-0.05, 0) is 32.7 Å². The predicted molar refractivity (Wildman–Crippen MR) is 56.1 cm³/mol. The lowest BCUT2D eigenvalue weighted by atomic mass is 10.1. The summed E-state index contributed by atoms with van der Waals surface area (Å²) in [5.41, 5.74) is -0.543. The SMILES string of the molecule is CCNC(C)(C)C(=O)OCCC1CC1. The Bertz CT molecular complexity index is 197. The maximum atomic E-state index is 11.6. The molecule has 0 aromatic heterocycles. The zero-order valence-corrected chi connectivity index (χ0v) is 9.43. The highest BCUT2D eigenvalue weighted by molar-refractivity contribution is 5.79. The molecule has 0 bridgehead atoms. The van der Waals surface area contributed by atoms with E-state index in [1.54, 1.807) is 0 Å². The van der Waals surface area contributed by atoms with Gasteiger partial charge in [0.25, 0.3) is 0 Å². The third kappa shape index (κ3) is 3.66. The van der Waals surface area contributed by atoms with E-state index in [0.717, 1.165) is 18.9 Å². The van der Waals surface area contributed by atoms with Crippen molar-refractivity contribution in [2.24, 2.45) is 5.92 Å². The molecule has 14 heavy (non-hydrogen) atoms. The van der Waals surface area contributed by atoms with E-state index in [9.17, 15) is 4.79 Å². The van der Waals surface area contributed by atoms with Crippen molar-refractivity contribution in [2.75, 3.05) is 13.2 Å². The molecule has 82 valence electrons. The molecular weight excluding hydrogens is 178 g/mol. The molecule has 0 aromatic rings. The number of likely N-dealkylation sites (N-methyl/N-ethyl adjacent to an activating group) is 1. The van der Waals surface area contributed by atoms with Gasteiger partial charge < -0.3 is 10.1 Å². The number of rotatable bonds is 6. The van der Waals surface area contributed by atoms with E-state index in [1.165, 1.54) is 12.8 Å². The summed E-state index contributed by atoms with van der Waals surface area (Å²) in [6, 6.07) is 0. The van der Waals surface area contributed by atoms with Gasteiger partial charge in [-0.2, -0.15) is 0 Å². The van der Waals surface area contributed by atoms with Crippen molar-refractivity contribution >= 4 is 5.97 Å². The Morgan fingerprint density at radius 3 is 2.64 bits per heavy atom. The quantitative estimate of drug-likeness (QED) is 0.662. The Hall–Kier alpha value is -0.570. The molecule has 1 saturated carbocycles. The van der Waals surface area contributed by atoms with Crippen LogP contribution in [0.25, 0.3) is 0 Å². The first-order chi connectivity index (χ1) is 6.56. The minimum Gasteiger partial charge on any atom is -0.464 e. The average Bonchev–Trinajstić information content (AvgIpc) is 2.87. The first-order valence-corrected chi connectivity index (χ1v) is 5.48. The number of hydrogen-bond donors (Lipinski definition) is 1. The molecule has 3 nitrogen and oxygen atoms in total. The highest BCUT2D eigenvalue weighted by Crippen LogP contribution is 2.32. The summed E-state index contributed by atoms with van der Waals surface area (Å²) < 4.78 is 5.21. The average molecular weight is 199 g/mol. The predicted octanol–water partition coefficient (Wildman–Crippen LogP) is 1.72. The summed E-state index contributed by atoms with van der Waals surface area (Å²) in [5, 5.41) is 3.10. The van der Waals surface area contributed by atoms with Crippen molar-refractivity contribution < 1.29 is 9.53 Å². The zero-order chi connectivity index (χ0) is 10.6. The number of carbonyl (C=O) groups is 1. The summed E-state index contributed by atoms with van der Waals surface area (Å²) in [5.74, 6) is 0.685. The van der Waals surface area contributed by atoms with Crippen molar-refractivity contribution in [3.63, 3.8) is 0 Å². The Labute approximate surface area is 86.2 Å². The molecule has 1 aliphatic rings. The van der Waals surface area contributed by atoms with Crippen molar-refractivity contribution in [3.05, 3.63) is 0 Å². The van der Waals surface area contributed by atoms with Gasteiger partial charge in [0.15, 0.2) is 0 Å². The fourth-order valence-corrected chi connectivity index (χ4v) is 1.42. The molecule has 0 saturated heterocycles. The largest absolute Gasteiger partial charge is 0.464 e. The second-order valence-corrected chi connectivity index (χ2v) is 4.52. The van der Waals surface area contributed by atoms with Crippen molar-refractivity contribution in [3.8, 4) is 0 Å². The van der Waals surface area contributed by atoms with Gasteiger partial charge in [-0.3, -0.25) is 4.79 Å². The van der Waals surface area contributed by atoms with E-state index in [-0.39, 0.29) is 5.97 Å². The number of hydrogen-bond acceptors (Lipinski definition) is 3. The van der Waals surface area contributed by atoms with Gasteiger partial charge in [0.05, 0.1) is 6.61 Å². The number of ether oxygens (including phenoxy) is 1. The van der Waals surface area contributed by atoms with Gasteiger partial charge in [-0.15, -0.1) is 0 Å². The number of esters is 1. The molecule has 1 N–H and O–H groups in total. The standard InChI is InChI=1S/C11H21NO2/c1-4-12-11(2,3)10(13)14-8-7-9-5-6-9/h9,12H,4-8H2,1-3H3. The lowest BCUT2D eigenvalue weighted by Crippen LogP contribution is -2.47. The zero-order valence-electron chi connectivity index (χ0n) is 9.43. The van der Waals surface area contributed by atoms with Crippen LogP contribution in [0.5, 0.6) is 0 Å². The van der Waals surface area contributed by atoms with Crippen LogP contribution in [0.3, 0.4) is 0 Å². The van der Waals surface area contributed by atoms with Gasteiger partial charge >= 0.3 is 5.97 Å². The van der Waals surface area contributed by atoms with Crippen LogP contribution >= 0.6 is 0 Å². The van der Waals surface area contributed by atoms with Gasteiger partial charge in [0.2, 0.25) is 0 Å². The van der Waals surface area contributed by atoms with E-state index in [0.29, 0.717) is 6.61 Å². The summed E-state index contributed by atoms with van der Waals surface area (Å²) >= 11 is 0. The van der Waals surface area contributed by atoms with Gasteiger partial charge in [-0.25, -0.2) is 0 Å². The lowest BCUT2D eigenvalue weighted by Gasteiger charge is -2.23. The Morgan fingerprint density at radius 2 is 2.14 bits per heavy atom. The number of nitrogens with one attached hydrogen (secondary N) is 1.